The first-order valence-electron chi connectivity index (χ1n) is 14.8. The molecule has 0 aliphatic carbocycles. The van der Waals surface area contributed by atoms with Gasteiger partial charge in [-0.25, -0.2) is 4.57 Å². The lowest BCUT2D eigenvalue weighted by Gasteiger charge is -2.19. The maximum atomic E-state index is 12.2. The number of nitrogens with zero attached hydrogens (tertiary/aromatic N) is 1. The molecule has 38 heavy (non-hydrogen) atoms. The van der Waals surface area contributed by atoms with Gasteiger partial charge in [-0.15, -0.1) is 0 Å². The Hall–Kier alpha value is -1.24. The van der Waals surface area contributed by atoms with Crippen LogP contribution in [0.4, 0.5) is 0 Å². The molecule has 0 aliphatic heterocycles. The second-order valence-corrected chi connectivity index (χ2v) is 12.1. The Labute approximate surface area is 232 Å². The molecular formula is C30H54NO6P. The fourth-order valence-electron chi connectivity index (χ4n) is 4.28. The van der Waals surface area contributed by atoms with Gasteiger partial charge in [0.05, 0.1) is 19.8 Å². The van der Waals surface area contributed by atoms with E-state index in [1.807, 2.05) is 50.2 Å². The summed E-state index contributed by atoms with van der Waals surface area (Å²) in [6, 6.07) is 7.88. The van der Waals surface area contributed by atoms with Crippen molar-refractivity contribution < 1.29 is 28.0 Å². The molecule has 8 heteroatoms. The minimum absolute atomic E-state index is 0.0225. The lowest BCUT2D eigenvalue weighted by atomic mass is 9.94. The number of carbonyl (C=O) groups is 1. The fraction of sp³-hybridized carbons (Fsp3) is 0.767. The summed E-state index contributed by atoms with van der Waals surface area (Å²) in [7, 11) is -0.457. The Balaban J connectivity index is 2.40. The monoisotopic (exact) mass is 555 g/mol. The van der Waals surface area contributed by atoms with E-state index in [9.17, 15) is 14.3 Å². The summed E-state index contributed by atoms with van der Waals surface area (Å²) in [6.45, 7) is 5.36. The molecule has 0 bridgehead atoms. The minimum Gasteiger partial charge on any atom is -0.494 e. The van der Waals surface area contributed by atoms with E-state index in [0.717, 1.165) is 17.7 Å². The number of ether oxygens (including phenoxy) is 1. The van der Waals surface area contributed by atoms with Crippen LogP contribution in [-0.4, -0.2) is 56.0 Å². The molecule has 0 saturated carbocycles. The van der Waals surface area contributed by atoms with Crippen LogP contribution >= 0.6 is 7.82 Å². The zero-order valence-corrected chi connectivity index (χ0v) is 25.4. The second-order valence-electron chi connectivity index (χ2n) is 10.6. The first-order valence-corrected chi connectivity index (χ1v) is 16.2. The molecular weight excluding hydrogens is 501 g/mol. The van der Waals surface area contributed by atoms with Gasteiger partial charge in [-0.05, 0) is 50.6 Å². The zero-order chi connectivity index (χ0) is 28.1. The van der Waals surface area contributed by atoms with Crippen molar-refractivity contribution in [3.05, 3.63) is 29.8 Å². The lowest BCUT2D eigenvalue weighted by molar-refractivity contribution is -0.120. The first-order chi connectivity index (χ1) is 18.3. The molecule has 2 atom stereocenters. The molecule has 0 heterocycles. The maximum absolute atomic E-state index is 12.2. The molecule has 0 radical (unpaired) electrons. The Bertz CT molecular complexity index is 788. The summed E-state index contributed by atoms with van der Waals surface area (Å²) in [5, 5.41) is 0. The Kier molecular flexibility index (Phi) is 19.7. The molecule has 1 rings (SSSR count). The van der Waals surface area contributed by atoms with Crippen LogP contribution in [0.2, 0.25) is 0 Å². The lowest BCUT2D eigenvalue weighted by Crippen LogP contribution is -2.19. The highest BCUT2D eigenvalue weighted by Crippen LogP contribution is 2.43. The smallest absolute Gasteiger partial charge is 0.472 e. The SMILES string of the molecule is CCCCCCCCCCCCCOc1cccc(CC(COP(=O)(O)OCCN(C)C)CC(=O)CC)c1. The number of unbranched alkanes of at least 4 members (excludes halogenated alkanes) is 10. The number of phosphoric ester groups is 1. The highest BCUT2D eigenvalue weighted by molar-refractivity contribution is 7.47. The van der Waals surface area contributed by atoms with Crippen molar-refractivity contribution in [2.45, 2.75) is 104 Å². The van der Waals surface area contributed by atoms with Crippen LogP contribution in [0.5, 0.6) is 5.75 Å². The van der Waals surface area contributed by atoms with Gasteiger partial charge in [0.15, 0.2) is 0 Å². The quantitative estimate of drug-likeness (QED) is 0.0982. The highest BCUT2D eigenvalue weighted by atomic mass is 31.2. The molecule has 220 valence electrons. The average Bonchev–Trinajstić information content (AvgIpc) is 2.88. The van der Waals surface area contributed by atoms with Gasteiger partial charge in [-0.3, -0.25) is 13.8 Å². The molecule has 1 N–H and O–H groups in total. The van der Waals surface area contributed by atoms with Gasteiger partial charge in [0.1, 0.15) is 11.5 Å². The van der Waals surface area contributed by atoms with Gasteiger partial charge in [0.2, 0.25) is 0 Å². The Morgan fingerprint density at radius 1 is 0.921 bits per heavy atom. The van der Waals surface area contributed by atoms with Crippen molar-refractivity contribution in [3.8, 4) is 5.75 Å². The van der Waals surface area contributed by atoms with Gasteiger partial charge >= 0.3 is 7.82 Å². The summed E-state index contributed by atoms with van der Waals surface area (Å²) in [6.07, 6.45) is 15.6. The van der Waals surface area contributed by atoms with E-state index in [1.54, 1.807) is 0 Å². The van der Waals surface area contributed by atoms with E-state index in [1.165, 1.54) is 64.2 Å². The molecule has 1 aromatic carbocycles. The van der Waals surface area contributed by atoms with Crippen LogP contribution in [0.15, 0.2) is 24.3 Å². The fourth-order valence-corrected chi connectivity index (χ4v) is 5.07. The van der Waals surface area contributed by atoms with Gasteiger partial charge < -0.3 is 14.5 Å². The maximum Gasteiger partial charge on any atom is 0.472 e. The van der Waals surface area contributed by atoms with E-state index < -0.39 is 7.82 Å². The molecule has 0 aliphatic rings. The second kappa shape index (κ2) is 21.6. The summed E-state index contributed by atoms with van der Waals surface area (Å²) in [5.41, 5.74) is 1.01. The van der Waals surface area contributed by atoms with E-state index >= 15 is 0 Å². The third kappa shape index (κ3) is 18.9. The normalized spacial score (nSPS) is 13.9. The first kappa shape index (κ1) is 34.8. The topological polar surface area (TPSA) is 85.3 Å². The number of benzene rings is 1. The number of phosphoric acid groups is 1. The molecule has 7 nitrogen and oxygen atoms in total. The minimum atomic E-state index is -4.17. The van der Waals surface area contributed by atoms with E-state index in [0.29, 0.717) is 26.0 Å². The highest BCUT2D eigenvalue weighted by Gasteiger charge is 2.24. The molecule has 0 aromatic heterocycles. The molecule has 0 spiro atoms. The van der Waals surface area contributed by atoms with Crippen LogP contribution in [-0.2, 0) is 24.8 Å². The summed E-state index contributed by atoms with van der Waals surface area (Å²) < 4.78 is 28.5. The van der Waals surface area contributed by atoms with Crippen molar-refractivity contribution in [1.82, 2.24) is 4.90 Å². The number of hydrogen-bond donors (Lipinski definition) is 1. The summed E-state index contributed by atoms with van der Waals surface area (Å²) in [4.78, 5) is 24.0. The van der Waals surface area contributed by atoms with E-state index in [4.69, 9.17) is 13.8 Å². The molecule has 2 unspecified atom stereocenters. The van der Waals surface area contributed by atoms with Gasteiger partial charge in [0, 0.05) is 19.4 Å². The Morgan fingerprint density at radius 2 is 1.55 bits per heavy atom. The summed E-state index contributed by atoms with van der Waals surface area (Å²) >= 11 is 0. The van der Waals surface area contributed by atoms with Crippen molar-refractivity contribution in [2.75, 3.05) is 40.5 Å². The van der Waals surface area contributed by atoms with Crippen LogP contribution in [0, 0.1) is 5.92 Å². The van der Waals surface area contributed by atoms with Gasteiger partial charge in [-0.1, -0.05) is 90.2 Å². The van der Waals surface area contributed by atoms with Crippen LogP contribution in [0.25, 0.3) is 0 Å². The number of likely N-dealkylation sites (N-methyl/N-ethyl adjacent to an activating group) is 1. The van der Waals surface area contributed by atoms with Crippen molar-refractivity contribution >= 4 is 13.6 Å². The third-order valence-electron chi connectivity index (χ3n) is 6.62. The average molecular weight is 556 g/mol. The van der Waals surface area contributed by atoms with E-state index in [-0.39, 0.29) is 31.3 Å². The van der Waals surface area contributed by atoms with Crippen LogP contribution in [0.1, 0.15) is 103 Å². The third-order valence-corrected chi connectivity index (χ3v) is 7.60. The molecule has 0 amide bonds. The zero-order valence-electron chi connectivity index (χ0n) is 24.5. The molecule has 0 fully saturated rings. The predicted octanol–water partition coefficient (Wildman–Crippen LogP) is 7.60. The number of rotatable bonds is 25. The van der Waals surface area contributed by atoms with Crippen molar-refractivity contribution in [3.63, 3.8) is 0 Å². The van der Waals surface area contributed by atoms with Crippen molar-refractivity contribution in [1.29, 1.82) is 0 Å². The Morgan fingerprint density at radius 3 is 2.16 bits per heavy atom. The number of ketones is 1. The van der Waals surface area contributed by atoms with Gasteiger partial charge in [0.25, 0.3) is 0 Å². The molecule has 1 aromatic rings. The van der Waals surface area contributed by atoms with Gasteiger partial charge in [-0.2, -0.15) is 0 Å². The largest absolute Gasteiger partial charge is 0.494 e. The van der Waals surface area contributed by atoms with E-state index in [2.05, 4.69) is 6.92 Å². The van der Waals surface area contributed by atoms with Crippen LogP contribution < -0.4 is 4.74 Å². The van der Waals surface area contributed by atoms with Crippen molar-refractivity contribution in [2.24, 2.45) is 5.92 Å². The van der Waals surface area contributed by atoms with Crippen LogP contribution in [0.3, 0.4) is 0 Å². The molecule has 0 saturated heterocycles. The number of Topliss-reactive ketones (excluding diaryl/α,β-unsaturated/α-hetero) is 1. The summed E-state index contributed by atoms with van der Waals surface area (Å²) in [5.74, 6) is 0.696. The standard InChI is InChI=1S/C30H54NO6P/c1-5-7-8-9-10-11-12-13-14-15-16-21-35-30-19-17-18-27(25-30)23-28(24-29(32)6-2)26-37-38(33,34)36-22-20-31(3)4/h17-19,25,28H,5-16,20-24,26H2,1-4H3,(H,33,34). The predicted molar refractivity (Wildman–Crippen MR) is 156 cm³/mol. The number of carbonyl (C=O) groups excluding carboxylic acids is 1. The number of hydrogen-bond acceptors (Lipinski definition) is 6.